The minimum Gasteiger partial charge on any atom is -0.475 e. The van der Waals surface area contributed by atoms with E-state index in [0.717, 1.165) is 13.1 Å². The number of carboxylic acid groups (broad SMARTS) is 1. The number of thiazole rings is 1. The second-order valence-corrected chi connectivity index (χ2v) is 4.38. The zero-order valence-corrected chi connectivity index (χ0v) is 10.2. The molecule has 0 bridgehead atoms. The first-order valence-electron chi connectivity index (χ1n) is 5.02. The van der Waals surface area contributed by atoms with Gasteiger partial charge in [0.25, 0.3) is 0 Å². The van der Waals surface area contributed by atoms with Crippen LogP contribution in [0.1, 0.15) is 0 Å². The van der Waals surface area contributed by atoms with E-state index in [4.69, 9.17) is 9.90 Å². The van der Waals surface area contributed by atoms with Crippen LogP contribution in [0.5, 0.6) is 0 Å². The fourth-order valence-corrected chi connectivity index (χ4v) is 1.50. The van der Waals surface area contributed by atoms with Gasteiger partial charge in [0.05, 0.1) is 5.92 Å². The average molecular weight is 297 g/mol. The Labute approximate surface area is 109 Å². The molecule has 1 aliphatic heterocycles. The summed E-state index contributed by atoms with van der Waals surface area (Å²) in [4.78, 5) is 24.2. The molecule has 1 fully saturated rings. The van der Waals surface area contributed by atoms with Crippen molar-refractivity contribution in [2.75, 3.05) is 18.4 Å². The predicted molar refractivity (Wildman–Crippen MR) is 60.8 cm³/mol. The number of carbonyl (C=O) groups is 2. The molecule has 0 aromatic carbocycles. The lowest BCUT2D eigenvalue weighted by molar-refractivity contribution is -0.192. The molecule has 1 aliphatic rings. The molecular formula is C9H10F3N3O3S. The molecule has 3 N–H and O–H groups in total. The standard InChI is InChI=1S/C7H9N3OS.C2HF3O2/c11-6(5-3-8-4-5)10-7-9-1-2-12-7;3-2(4,5)1(6)7/h1-2,5,8H,3-4H2,(H,9,10,11);(H,6,7). The van der Waals surface area contributed by atoms with E-state index >= 15 is 0 Å². The number of amides is 1. The summed E-state index contributed by atoms with van der Waals surface area (Å²) < 4.78 is 31.7. The molecule has 106 valence electrons. The SMILES string of the molecule is O=C(Nc1nccs1)C1CNC1.O=C(O)C(F)(F)F. The monoisotopic (exact) mass is 297 g/mol. The summed E-state index contributed by atoms with van der Waals surface area (Å²) in [7, 11) is 0. The molecule has 2 heterocycles. The number of hydrogen-bond donors (Lipinski definition) is 3. The second kappa shape index (κ2) is 6.48. The molecule has 0 radical (unpaired) electrons. The smallest absolute Gasteiger partial charge is 0.475 e. The molecule has 1 amide bonds. The number of carbonyl (C=O) groups excluding carboxylic acids is 1. The van der Waals surface area contributed by atoms with Crippen LogP contribution in [0.15, 0.2) is 11.6 Å². The highest BCUT2D eigenvalue weighted by molar-refractivity contribution is 7.13. The van der Waals surface area contributed by atoms with Crippen LogP contribution in [0, 0.1) is 5.92 Å². The van der Waals surface area contributed by atoms with Crippen molar-refractivity contribution in [3.8, 4) is 0 Å². The van der Waals surface area contributed by atoms with Gasteiger partial charge >= 0.3 is 12.1 Å². The highest BCUT2D eigenvalue weighted by atomic mass is 32.1. The van der Waals surface area contributed by atoms with E-state index in [9.17, 15) is 18.0 Å². The van der Waals surface area contributed by atoms with Gasteiger partial charge in [0.1, 0.15) is 0 Å². The van der Waals surface area contributed by atoms with Gasteiger partial charge in [0.15, 0.2) is 5.13 Å². The quantitative estimate of drug-likeness (QED) is 0.755. The lowest BCUT2D eigenvalue weighted by atomic mass is 10.0. The van der Waals surface area contributed by atoms with Crippen molar-refractivity contribution in [2.24, 2.45) is 5.92 Å². The Morgan fingerprint density at radius 1 is 1.47 bits per heavy atom. The fourth-order valence-electron chi connectivity index (χ4n) is 0.967. The van der Waals surface area contributed by atoms with Crippen molar-refractivity contribution >= 4 is 28.3 Å². The topological polar surface area (TPSA) is 91.3 Å². The zero-order chi connectivity index (χ0) is 14.5. The lowest BCUT2D eigenvalue weighted by Gasteiger charge is -2.25. The molecule has 6 nitrogen and oxygen atoms in total. The van der Waals surface area contributed by atoms with Crippen molar-refractivity contribution in [3.63, 3.8) is 0 Å². The lowest BCUT2D eigenvalue weighted by Crippen LogP contribution is -2.48. The van der Waals surface area contributed by atoms with E-state index in [1.165, 1.54) is 11.3 Å². The third-order valence-corrected chi connectivity index (χ3v) is 2.75. The van der Waals surface area contributed by atoms with Crippen LogP contribution in [0.4, 0.5) is 18.3 Å². The van der Waals surface area contributed by atoms with E-state index in [1.807, 2.05) is 5.38 Å². The Kier molecular flexibility index (Phi) is 5.24. The number of aromatic nitrogens is 1. The number of hydrogen-bond acceptors (Lipinski definition) is 5. The number of nitrogens with zero attached hydrogens (tertiary/aromatic N) is 1. The Balaban J connectivity index is 0.000000224. The molecule has 0 spiro atoms. The van der Waals surface area contributed by atoms with Crippen LogP contribution in [0.25, 0.3) is 0 Å². The van der Waals surface area contributed by atoms with E-state index in [-0.39, 0.29) is 11.8 Å². The molecule has 10 heteroatoms. The van der Waals surface area contributed by atoms with Crippen molar-refractivity contribution < 1.29 is 27.9 Å². The first kappa shape index (κ1) is 15.4. The van der Waals surface area contributed by atoms with Gasteiger partial charge < -0.3 is 15.7 Å². The van der Waals surface area contributed by atoms with Crippen LogP contribution in [0.3, 0.4) is 0 Å². The third kappa shape index (κ3) is 5.22. The van der Waals surface area contributed by atoms with E-state index in [1.54, 1.807) is 6.20 Å². The van der Waals surface area contributed by atoms with Crippen LogP contribution < -0.4 is 10.6 Å². The predicted octanol–water partition coefficient (Wildman–Crippen LogP) is 0.934. The second-order valence-electron chi connectivity index (χ2n) is 3.48. The number of nitrogens with one attached hydrogen (secondary N) is 2. The van der Waals surface area contributed by atoms with Gasteiger partial charge in [0, 0.05) is 24.7 Å². The maximum Gasteiger partial charge on any atom is 0.490 e. The maximum atomic E-state index is 11.3. The normalized spacial score (nSPS) is 14.9. The number of rotatable bonds is 2. The largest absolute Gasteiger partial charge is 0.490 e. The van der Waals surface area contributed by atoms with Crippen LogP contribution in [0.2, 0.25) is 0 Å². The number of anilines is 1. The number of halogens is 3. The fraction of sp³-hybridized carbons (Fsp3) is 0.444. The number of aliphatic carboxylic acids is 1. The summed E-state index contributed by atoms with van der Waals surface area (Å²) in [5, 5.41) is 15.5. The molecule has 19 heavy (non-hydrogen) atoms. The molecule has 2 rings (SSSR count). The first-order chi connectivity index (χ1) is 8.80. The Hall–Kier alpha value is -1.68. The van der Waals surface area contributed by atoms with Gasteiger partial charge in [-0.1, -0.05) is 0 Å². The molecule has 0 aliphatic carbocycles. The van der Waals surface area contributed by atoms with Gasteiger partial charge in [-0.15, -0.1) is 11.3 Å². The average Bonchev–Trinajstić information content (AvgIpc) is 2.66. The number of alkyl halides is 3. The summed E-state index contributed by atoms with van der Waals surface area (Å²) in [6.45, 7) is 1.58. The van der Waals surface area contributed by atoms with Gasteiger partial charge in [-0.25, -0.2) is 9.78 Å². The third-order valence-electron chi connectivity index (χ3n) is 2.06. The Morgan fingerprint density at radius 2 is 2.05 bits per heavy atom. The van der Waals surface area contributed by atoms with Gasteiger partial charge in [-0.3, -0.25) is 4.79 Å². The van der Waals surface area contributed by atoms with E-state index in [0.29, 0.717) is 5.13 Å². The molecule has 0 saturated carbocycles. The summed E-state index contributed by atoms with van der Waals surface area (Å²) in [6, 6.07) is 0. The van der Waals surface area contributed by atoms with Gasteiger partial charge in [0.2, 0.25) is 5.91 Å². The van der Waals surface area contributed by atoms with Crippen LogP contribution in [-0.2, 0) is 9.59 Å². The van der Waals surface area contributed by atoms with Gasteiger partial charge in [-0.2, -0.15) is 13.2 Å². The highest BCUT2D eigenvalue weighted by Gasteiger charge is 2.38. The van der Waals surface area contributed by atoms with Gasteiger partial charge in [-0.05, 0) is 0 Å². The first-order valence-corrected chi connectivity index (χ1v) is 5.90. The summed E-state index contributed by atoms with van der Waals surface area (Å²) in [5.41, 5.74) is 0. The number of carboxylic acids is 1. The zero-order valence-electron chi connectivity index (χ0n) is 9.40. The van der Waals surface area contributed by atoms with E-state index in [2.05, 4.69) is 15.6 Å². The Morgan fingerprint density at radius 3 is 2.37 bits per heavy atom. The van der Waals surface area contributed by atoms with Crippen molar-refractivity contribution in [2.45, 2.75) is 6.18 Å². The van der Waals surface area contributed by atoms with Crippen molar-refractivity contribution in [1.82, 2.24) is 10.3 Å². The molecule has 1 saturated heterocycles. The summed E-state index contributed by atoms with van der Waals surface area (Å²) in [6.07, 6.45) is -3.40. The minimum absolute atomic E-state index is 0.0729. The molecule has 0 unspecified atom stereocenters. The molecule has 1 aromatic heterocycles. The van der Waals surface area contributed by atoms with Crippen LogP contribution in [-0.4, -0.2) is 41.2 Å². The highest BCUT2D eigenvalue weighted by Crippen LogP contribution is 2.13. The minimum atomic E-state index is -5.08. The Bertz CT molecular complexity index is 432. The molecule has 0 atom stereocenters. The van der Waals surface area contributed by atoms with Crippen molar-refractivity contribution in [3.05, 3.63) is 11.6 Å². The summed E-state index contributed by atoms with van der Waals surface area (Å²) in [5.74, 6) is -2.55. The van der Waals surface area contributed by atoms with Crippen molar-refractivity contribution in [1.29, 1.82) is 0 Å². The maximum absolute atomic E-state index is 11.3. The van der Waals surface area contributed by atoms with Crippen LogP contribution >= 0.6 is 11.3 Å². The van der Waals surface area contributed by atoms with E-state index < -0.39 is 12.1 Å². The molecular weight excluding hydrogens is 287 g/mol. The summed E-state index contributed by atoms with van der Waals surface area (Å²) >= 11 is 1.44. The molecule has 1 aromatic rings.